The zero-order valence-electron chi connectivity index (χ0n) is 15.3. The van der Waals surface area contributed by atoms with E-state index in [0.717, 1.165) is 13.0 Å². The zero-order valence-corrected chi connectivity index (χ0v) is 15.3. The lowest BCUT2D eigenvalue weighted by molar-refractivity contribution is -0.133. The van der Waals surface area contributed by atoms with E-state index in [2.05, 4.69) is 6.92 Å². The molecule has 1 aliphatic heterocycles. The van der Waals surface area contributed by atoms with Crippen molar-refractivity contribution in [1.82, 2.24) is 4.90 Å². The molecule has 1 aromatic carbocycles. The van der Waals surface area contributed by atoms with Gasteiger partial charge in [0.05, 0.1) is 18.7 Å². The van der Waals surface area contributed by atoms with E-state index in [1.807, 2.05) is 18.7 Å². The first-order valence-corrected chi connectivity index (χ1v) is 8.65. The average Bonchev–Trinajstić information content (AvgIpc) is 2.93. The highest BCUT2D eigenvalue weighted by Crippen LogP contribution is 2.30. The molecule has 1 aliphatic rings. The molecule has 1 saturated heterocycles. The van der Waals surface area contributed by atoms with Gasteiger partial charge in [-0.15, -0.1) is 0 Å². The van der Waals surface area contributed by atoms with Gasteiger partial charge in [0.25, 0.3) is 0 Å². The second kappa shape index (κ2) is 8.23. The topological polar surface area (TPSA) is 76.1 Å². The number of methoxy groups -OCH3 is 1. The minimum atomic E-state index is -1.01. The van der Waals surface area contributed by atoms with Crippen LogP contribution in [0, 0.1) is 11.8 Å². The van der Waals surface area contributed by atoms with Crippen molar-refractivity contribution in [3.63, 3.8) is 0 Å². The molecule has 6 heteroatoms. The summed E-state index contributed by atoms with van der Waals surface area (Å²) in [4.78, 5) is 25.4. The lowest BCUT2D eigenvalue weighted by Crippen LogP contribution is -2.39. The number of carboxylic acids is 1. The number of likely N-dealkylation sites (tertiary alicyclic amines) is 1. The molecule has 0 saturated carbocycles. The number of hydrogen-bond acceptors (Lipinski definition) is 4. The molecular formula is C19H27NO5. The number of carboxylic acid groups (broad SMARTS) is 1. The van der Waals surface area contributed by atoms with E-state index in [4.69, 9.17) is 14.6 Å². The minimum Gasteiger partial charge on any atom is -0.493 e. The Morgan fingerprint density at radius 2 is 2.04 bits per heavy atom. The van der Waals surface area contributed by atoms with E-state index in [0.29, 0.717) is 36.4 Å². The van der Waals surface area contributed by atoms with E-state index < -0.39 is 5.97 Å². The quantitative estimate of drug-likeness (QED) is 0.819. The van der Waals surface area contributed by atoms with Gasteiger partial charge in [0.1, 0.15) is 6.61 Å². The summed E-state index contributed by atoms with van der Waals surface area (Å²) in [6.07, 6.45) is 1.44. The van der Waals surface area contributed by atoms with Crippen molar-refractivity contribution in [2.24, 2.45) is 11.8 Å². The van der Waals surface area contributed by atoms with Gasteiger partial charge >= 0.3 is 5.97 Å². The number of hydrogen-bond donors (Lipinski definition) is 1. The molecule has 0 bridgehead atoms. The molecule has 1 amide bonds. The van der Waals surface area contributed by atoms with Crippen LogP contribution in [0.4, 0.5) is 0 Å². The predicted molar refractivity (Wildman–Crippen MR) is 94.2 cm³/mol. The summed E-state index contributed by atoms with van der Waals surface area (Å²) >= 11 is 0. The first-order valence-electron chi connectivity index (χ1n) is 8.65. The first-order chi connectivity index (χ1) is 11.8. The van der Waals surface area contributed by atoms with Crippen LogP contribution < -0.4 is 9.47 Å². The van der Waals surface area contributed by atoms with Gasteiger partial charge in [-0.2, -0.15) is 0 Å². The number of amides is 1. The van der Waals surface area contributed by atoms with Crippen LogP contribution in [-0.2, 0) is 4.79 Å². The summed E-state index contributed by atoms with van der Waals surface area (Å²) in [7, 11) is 1.48. The number of rotatable bonds is 7. The van der Waals surface area contributed by atoms with Crippen LogP contribution in [0.25, 0.3) is 0 Å². The van der Waals surface area contributed by atoms with E-state index in [1.54, 1.807) is 6.07 Å². The lowest BCUT2D eigenvalue weighted by atomic mass is 10.1. The Bertz CT molecular complexity index is 628. The fraction of sp³-hybridized carbons (Fsp3) is 0.579. The van der Waals surface area contributed by atoms with Crippen LogP contribution >= 0.6 is 0 Å². The summed E-state index contributed by atoms with van der Waals surface area (Å²) in [5, 5.41) is 9.05. The molecule has 1 heterocycles. The normalized spacial score (nSPS) is 20.0. The maximum atomic E-state index is 12.4. The van der Waals surface area contributed by atoms with Crippen LogP contribution in [0.1, 0.15) is 44.0 Å². The Kier molecular flexibility index (Phi) is 6.28. The van der Waals surface area contributed by atoms with Gasteiger partial charge in [-0.3, -0.25) is 4.79 Å². The monoisotopic (exact) mass is 349 g/mol. The van der Waals surface area contributed by atoms with Gasteiger partial charge in [0.15, 0.2) is 11.5 Å². The van der Waals surface area contributed by atoms with Crippen LogP contribution in [0.3, 0.4) is 0 Å². The number of carbonyl (C=O) groups is 2. The van der Waals surface area contributed by atoms with Gasteiger partial charge in [0, 0.05) is 13.0 Å². The molecule has 2 rings (SSSR count). The Morgan fingerprint density at radius 3 is 2.64 bits per heavy atom. The summed E-state index contributed by atoms with van der Waals surface area (Å²) < 4.78 is 11.1. The molecule has 0 aliphatic carbocycles. The second-order valence-corrected chi connectivity index (χ2v) is 7.12. The standard InChI is InChI=1S/C19H27NO5/c1-12(2)7-18(21)20-10-13(3)8-15(20)11-25-16-6-5-14(19(22)23)9-17(16)24-4/h5-6,9,12-13,15H,7-8,10-11H2,1-4H3,(H,22,23)/t13-,15+/m1/s1. The molecule has 0 unspecified atom stereocenters. The molecule has 1 N–H and O–H groups in total. The largest absolute Gasteiger partial charge is 0.493 e. The third-order valence-corrected chi connectivity index (χ3v) is 4.37. The molecule has 0 aromatic heterocycles. The fourth-order valence-corrected chi connectivity index (χ4v) is 3.19. The van der Waals surface area contributed by atoms with Crippen molar-refractivity contribution in [2.75, 3.05) is 20.3 Å². The Labute approximate surface area is 148 Å². The Morgan fingerprint density at radius 1 is 1.32 bits per heavy atom. The first kappa shape index (κ1) is 19.1. The smallest absolute Gasteiger partial charge is 0.335 e. The van der Waals surface area contributed by atoms with Crippen molar-refractivity contribution >= 4 is 11.9 Å². The summed E-state index contributed by atoms with van der Waals surface area (Å²) in [5.74, 6) is 0.796. The number of aromatic carboxylic acids is 1. The van der Waals surface area contributed by atoms with Crippen molar-refractivity contribution in [1.29, 1.82) is 0 Å². The maximum Gasteiger partial charge on any atom is 0.335 e. The molecule has 6 nitrogen and oxygen atoms in total. The van der Waals surface area contributed by atoms with E-state index in [9.17, 15) is 9.59 Å². The fourth-order valence-electron chi connectivity index (χ4n) is 3.19. The molecule has 1 aromatic rings. The van der Waals surface area contributed by atoms with E-state index in [1.165, 1.54) is 19.2 Å². The minimum absolute atomic E-state index is 0.0325. The molecule has 2 atom stereocenters. The third-order valence-electron chi connectivity index (χ3n) is 4.37. The average molecular weight is 349 g/mol. The van der Waals surface area contributed by atoms with Gasteiger partial charge < -0.3 is 19.5 Å². The SMILES string of the molecule is COc1cc(C(=O)O)ccc1OC[C@@H]1C[C@@H](C)CN1C(=O)CC(C)C. The second-order valence-electron chi connectivity index (χ2n) is 7.12. The van der Waals surface area contributed by atoms with Crippen molar-refractivity contribution < 1.29 is 24.2 Å². The molecule has 0 spiro atoms. The number of ether oxygens (including phenoxy) is 2. The highest BCUT2D eigenvalue weighted by Gasteiger charge is 2.33. The molecular weight excluding hydrogens is 322 g/mol. The van der Waals surface area contributed by atoms with Gasteiger partial charge in [0.2, 0.25) is 5.91 Å². The Balaban J connectivity index is 2.06. The maximum absolute atomic E-state index is 12.4. The summed E-state index contributed by atoms with van der Waals surface area (Å²) in [5.41, 5.74) is 0.146. The van der Waals surface area contributed by atoms with Crippen molar-refractivity contribution in [3.05, 3.63) is 23.8 Å². The van der Waals surface area contributed by atoms with Gasteiger partial charge in [-0.25, -0.2) is 4.79 Å². The summed E-state index contributed by atoms with van der Waals surface area (Å²) in [6, 6.07) is 4.56. The molecule has 138 valence electrons. The Hall–Kier alpha value is -2.24. The van der Waals surface area contributed by atoms with Crippen molar-refractivity contribution in [3.8, 4) is 11.5 Å². The van der Waals surface area contributed by atoms with Crippen LogP contribution in [-0.4, -0.2) is 48.2 Å². The molecule has 1 fully saturated rings. The van der Waals surface area contributed by atoms with Gasteiger partial charge in [-0.1, -0.05) is 20.8 Å². The number of carbonyl (C=O) groups excluding carboxylic acids is 1. The summed E-state index contributed by atoms with van der Waals surface area (Å²) in [6.45, 7) is 7.35. The third kappa shape index (κ3) is 4.87. The van der Waals surface area contributed by atoms with Crippen LogP contribution in [0.2, 0.25) is 0 Å². The van der Waals surface area contributed by atoms with Crippen LogP contribution in [0.5, 0.6) is 11.5 Å². The predicted octanol–water partition coefficient (Wildman–Crippen LogP) is 3.06. The lowest BCUT2D eigenvalue weighted by Gasteiger charge is -2.26. The van der Waals surface area contributed by atoms with E-state index in [-0.39, 0.29) is 17.5 Å². The van der Waals surface area contributed by atoms with E-state index >= 15 is 0 Å². The van der Waals surface area contributed by atoms with Gasteiger partial charge in [-0.05, 0) is 36.5 Å². The molecule has 25 heavy (non-hydrogen) atoms. The highest BCUT2D eigenvalue weighted by molar-refractivity contribution is 5.88. The van der Waals surface area contributed by atoms with Crippen molar-refractivity contribution in [2.45, 2.75) is 39.7 Å². The number of nitrogens with zero attached hydrogens (tertiary/aromatic N) is 1. The zero-order chi connectivity index (χ0) is 18.6. The molecule has 0 radical (unpaired) electrons. The number of benzene rings is 1. The highest BCUT2D eigenvalue weighted by atomic mass is 16.5. The van der Waals surface area contributed by atoms with Crippen LogP contribution in [0.15, 0.2) is 18.2 Å².